The summed E-state index contributed by atoms with van der Waals surface area (Å²) in [5.74, 6) is -3.03. The maximum absolute atomic E-state index is 14.3. The number of amides is 1. The number of halogens is 3. The minimum Gasteiger partial charge on any atom is -0.487 e. The minimum atomic E-state index is -1.21. The molecule has 1 aliphatic rings. The van der Waals surface area contributed by atoms with Gasteiger partial charge < -0.3 is 10.1 Å². The molecule has 0 aliphatic carbocycles. The predicted molar refractivity (Wildman–Crippen MR) is 96.4 cm³/mol. The van der Waals surface area contributed by atoms with Crippen LogP contribution in [0, 0.1) is 17.5 Å². The van der Waals surface area contributed by atoms with E-state index in [4.69, 9.17) is 4.74 Å². The van der Waals surface area contributed by atoms with Crippen molar-refractivity contribution < 1.29 is 22.7 Å². The maximum atomic E-state index is 14.3. The molecule has 0 fully saturated rings. The highest BCUT2D eigenvalue weighted by Crippen LogP contribution is 2.40. The van der Waals surface area contributed by atoms with Crippen LogP contribution >= 0.6 is 0 Å². The van der Waals surface area contributed by atoms with E-state index >= 15 is 0 Å². The fourth-order valence-corrected chi connectivity index (χ4v) is 3.22. The fourth-order valence-electron chi connectivity index (χ4n) is 3.22. The molecule has 0 bridgehead atoms. The van der Waals surface area contributed by atoms with Crippen LogP contribution < -0.4 is 10.1 Å². The minimum absolute atomic E-state index is 0.0265. The van der Waals surface area contributed by atoms with E-state index in [0.717, 1.165) is 17.2 Å². The van der Waals surface area contributed by atoms with Gasteiger partial charge in [0.2, 0.25) is 0 Å². The summed E-state index contributed by atoms with van der Waals surface area (Å²) in [5.41, 5.74) is 1.59. The van der Waals surface area contributed by atoms with E-state index in [1.807, 2.05) is 0 Å². The number of carbonyl (C=O) groups excluding carboxylic acids is 1. The molecule has 0 radical (unpaired) electrons. The Morgan fingerprint density at radius 3 is 2.64 bits per heavy atom. The summed E-state index contributed by atoms with van der Waals surface area (Å²) >= 11 is 0. The summed E-state index contributed by atoms with van der Waals surface area (Å²) in [5, 5.41) is 2.52. The van der Waals surface area contributed by atoms with Crippen molar-refractivity contribution in [1.29, 1.82) is 0 Å². The highest BCUT2D eigenvalue weighted by atomic mass is 19.2. The molecule has 0 saturated carbocycles. The van der Waals surface area contributed by atoms with E-state index in [1.54, 1.807) is 30.6 Å². The van der Waals surface area contributed by atoms with Crippen LogP contribution in [0.3, 0.4) is 0 Å². The van der Waals surface area contributed by atoms with Crippen molar-refractivity contribution in [3.63, 3.8) is 0 Å². The lowest BCUT2D eigenvalue weighted by molar-refractivity contribution is 0.0928. The number of carbonyl (C=O) groups is 1. The number of hydrogen-bond acceptors (Lipinski definition) is 3. The smallest absolute Gasteiger partial charge is 0.254 e. The second-order valence-corrected chi connectivity index (χ2v) is 6.39. The first-order valence-corrected chi connectivity index (χ1v) is 8.65. The van der Waals surface area contributed by atoms with Crippen LogP contribution in [-0.4, -0.2) is 23.5 Å². The molecule has 0 spiro atoms. The molecule has 2 heterocycles. The lowest BCUT2D eigenvalue weighted by atomic mass is 10.0. The van der Waals surface area contributed by atoms with Crippen molar-refractivity contribution >= 4 is 5.91 Å². The van der Waals surface area contributed by atoms with Gasteiger partial charge in [0.25, 0.3) is 5.91 Å². The standard InChI is InChI=1S/C21H15F3N2O2/c22-17-5-4-14(12-6-8-25-9-7-12)20-16(17)10-13(28-20)11-26-21(27)15-2-1-3-18(23)19(15)24/h1-9,13H,10-11H2,(H,26,27). The first kappa shape index (κ1) is 18.0. The van der Waals surface area contributed by atoms with Crippen LogP contribution in [0.15, 0.2) is 54.9 Å². The van der Waals surface area contributed by atoms with Gasteiger partial charge in [0, 0.05) is 29.9 Å². The molecule has 4 rings (SSSR count). The molecule has 3 aromatic rings. The number of ether oxygens (including phenoxy) is 1. The van der Waals surface area contributed by atoms with Gasteiger partial charge in [-0.3, -0.25) is 9.78 Å². The van der Waals surface area contributed by atoms with Gasteiger partial charge in [0.15, 0.2) is 11.6 Å². The van der Waals surface area contributed by atoms with E-state index in [0.29, 0.717) is 11.3 Å². The zero-order valence-corrected chi connectivity index (χ0v) is 14.6. The van der Waals surface area contributed by atoms with Gasteiger partial charge >= 0.3 is 0 Å². The summed E-state index contributed by atoms with van der Waals surface area (Å²) in [4.78, 5) is 16.1. The monoisotopic (exact) mass is 384 g/mol. The van der Waals surface area contributed by atoms with Crippen molar-refractivity contribution in [1.82, 2.24) is 10.3 Å². The first-order valence-electron chi connectivity index (χ1n) is 8.65. The number of nitrogens with zero attached hydrogens (tertiary/aromatic N) is 1. The van der Waals surface area contributed by atoms with Crippen LogP contribution in [0.5, 0.6) is 5.75 Å². The van der Waals surface area contributed by atoms with Crippen LogP contribution in [0.2, 0.25) is 0 Å². The van der Waals surface area contributed by atoms with E-state index in [9.17, 15) is 18.0 Å². The van der Waals surface area contributed by atoms with Crippen molar-refractivity contribution in [2.45, 2.75) is 12.5 Å². The third kappa shape index (κ3) is 3.31. The van der Waals surface area contributed by atoms with Crippen molar-refractivity contribution in [3.8, 4) is 16.9 Å². The molecule has 1 unspecified atom stereocenters. The Hall–Kier alpha value is -3.35. The summed E-state index contributed by atoms with van der Waals surface area (Å²) in [6.07, 6.45) is 3.00. The zero-order valence-electron chi connectivity index (χ0n) is 14.6. The average molecular weight is 384 g/mol. The largest absolute Gasteiger partial charge is 0.487 e. The summed E-state index contributed by atoms with van der Waals surface area (Å²) < 4.78 is 47.1. The second-order valence-electron chi connectivity index (χ2n) is 6.39. The molecular formula is C21H15F3N2O2. The molecule has 1 aromatic heterocycles. The summed E-state index contributed by atoms with van der Waals surface area (Å²) in [6.45, 7) is 0.0265. The van der Waals surface area contributed by atoms with E-state index < -0.39 is 29.5 Å². The van der Waals surface area contributed by atoms with Crippen LogP contribution in [0.25, 0.3) is 11.1 Å². The van der Waals surface area contributed by atoms with Gasteiger partial charge in [-0.1, -0.05) is 6.07 Å². The Morgan fingerprint density at radius 2 is 1.86 bits per heavy atom. The van der Waals surface area contributed by atoms with Crippen LogP contribution in [0.1, 0.15) is 15.9 Å². The lowest BCUT2D eigenvalue weighted by Gasteiger charge is -2.14. The van der Waals surface area contributed by atoms with Gasteiger partial charge in [-0.15, -0.1) is 0 Å². The van der Waals surface area contributed by atoms with Gasteiger partial charge in [-0.05, 0) is 42.0 Å². The van der Waals surface area contributed by atoms with E-state index in [-0.39, 0.29) is 18.5 Å². The number of nitrogens with one attached hydrogen (secondary N) is 1. The van der Waals surface area contributed by atoms with Crippen molar-refractivity contribution in [2.75, 3.05) is 6.54 Å². The highest BCUT2D eigenvalue weighted by molar-refractivity contribution is 5.94. The lowest BCUT2D eigenvalue weighted by Crippen LogP contribution is -2.35. The Bertz CT molecular complexity index is 1040. The zero-order chi connectivity index (χ0) is 19.7. The molecule has 1 amide bonds. The molecule has 0 saturated heterocycles. The van der Waals surface area contributed by atoms with Crippen molar-refractivity contribution in [2.24, 2.45) is 0 Å². The van der Waals surface area contributed by atoms with Crippen LogP contribution in [-0.2, 0) is 6.42 Å². The second kappa shape index (κ2) is 7.34. The fraction of sp³-hybridized carbons (Fsp3) is 0.143. The van der Waals surface area contributed by atoms with E-state index in [2.05, 4.69) is 10.3 Å². The molecular weight excluding hydrogens is 369 g/mol. The highest BCUT2D eigenvalue weighted by Gasteiger charge is 2.29. The molecule has 1 N–H and O–H groups in total. The van der Waals surface area contributed by atoms with Crippen molar-refractivity contribution in [3.05, 3.63) is 83.4 Å². The molecule has 2 aromatic carbocycles. The molecule has 28 heavy (non-hydrogen) atoms. The third-order valence-corrected chi connectivity index (χ3v) is 4.60. The van der Waals surface area contributed by atoms with Crippen LogP contribution in [0.4, 0.5) is 13.2 Å². The van der Waals surface area contributed by atoms with Gasteiger partial charge in [0.1, 0.15) is 17.7 Å². The molecule has 142 valence electrons. The average Bonchev–Trinajstić information content (AvgIpc) is 3.14. The first-order chi connectivity index (χ1) is 13.5. The number of benzene rings is 2. The Kier molecular flexibility index (Phi) is 4.73. The quantitative estimate of drug-likeness (QED) is 0.742. The molecule has 1 atom stereocenters. The van der Waals surface area contributed by atoms with Gasteiger partial charge in [-0.2, -0.15) is 0 Å². The molecule has 7 heteroatoms. The topological polar surface area (TPSA) is 51.2 Å². The summed E-state index contributed by atoms with van der Waals surface area (Å²) in [6, 6.07) is 9.97. The Labute approximate surface area is 159 Å². The normalized spacial score (nSPS) is 15.0. The number of pyridine rings is 1. The van der Waals surface area contributed by atoms with Gasteiger partial charge in [-0.25, -0.2) is 13.2 Å². The Morgan fingerprint density at radius 1 is 1.07 bits per heavy atom. The predicted octanol–water partition coefficient (Wildman–Crippen LogP) is 3.90. The van der Waals surface area contributed by atoms with Gasteiger partial charge in [0.05, 0.1) is 12.1 Å². The molecule has 1 aliphatic heterocycles. The number of hydrogen-bond donors (Lipinski definition) is 1. The molecule has 4 nitrogen and oxygen atoms in total. The summed E-state index contributed by atoms with van der Waals surface area (Å²) in [7, 11) is 0. The third-order valence-electron chi connectivity index (χ3n) is 4.60. The Balaban J connectivity index is 1.50. The number of fused-ring (bicyclic) bond motifs is 1. The van der Waals surface area contributed by atoms with E-state index in [1.165, 1.54) is 18.2 Å². The maximum Gasteiger partial charge on any atom is 0.254 e. The number of rotatable bonds is 4. The SMILES string of the molecule is O=C(NCC1Cc2c(F)ccc(-c3ccncc3)c2O1)c1cccc(F)c1F. The number of aromatic nitrogens is 1.